The third-order valence-electron chi connectivity index (χ3n) is 9.47. The zero-order valence-electron chi connectivity index (χ0n) is 16.3. The molecule has 26 heavy (non-hydrogen) atoms. The number of fused-ring (bicyclic) bond motifs is 5. The highest BCUT2D eigenvalue weighted by molar-refractivity contribution is 9.09. The minimum Gasteiger partial charge on any atom is -0.396 e. The van der Waals surface area contributed by atoms with Gasteiger partial charge in [-0.05, 0) is 99.2 Å². The third kappa shape index (κ3) is 2.69. The van der Waals surface area contributed by atoms with Crippen molar-refractivity contribution in [3.63, 3.8) is 0 Å². The molecule has 0 aromatic heterocycles. The first-order chi connectivity index (χ1) is 12.3. The molecule has 2 N–H and O–H groups in total. The summed E-state index contributed by atoms with van der Waals surface area (Å²) in [5.41, 5.74) is -0.375. The molecule has 4 aliphatic carbocycles. The molecule has 0 bridgehead atoms. The Morgan fingerprint density at radius 1 is 1.04 bits per heavy atom. The second kappa shape index (κ2) is 6.56. The minimum atomic E-state index is -0.555. The Hall–Kier alpha value is 0.0700. The summed E-state index contributed by atoms with van der Waals surface area (Å²) in [6, 6.07) is 0. The van der Waals surface area contributed by atoms with E-state index >= 15 is 0 Å². The number of alkyl halides is 1. The Bertz CT molecular complexity index is 576. The summed E-state index contributed by atoms with van der Waals surface area (Å²) in [5, 5.41) is 21.6. The Morgan fingerprint density at radius 3 is 2.50 bits per heavy atom. The van der Waals surface area contributed by atoms with Crippen molar-refractivity contribution < 1.29 is 15.0 Å². The van der Waals surface area contributed by atoms with Crippen LogP contribution >= 0.6 is 15.9 Å². The van der Waals surface area contributed by atoms with Crippen molar-refractivity contribution in [3.05, 3.63) is 0 Å². The van der Waals surface area contributed by atoms with Crippen LogP contribution in [-0.4, -0.2) is 33.5 Å². The van der Waals surface area contributed by atoms with Gasteiger partial charge in [-0.1, -0.05) is 22.9 Å². The van der Waals surface area contributed by atoms with Crippen molar-refractivity contribution in [2.45, 2.75) is 77.2 Å². The number of halogens is 1. The normalized spacial score (nSPS) is 53.5. The molecule has 0 unspecified atom stereocenters. The fourth-order valence-corrected chi connectivity index (χ4v) is 8.56. The van der Waals surface area contributed by atoms with E-state index in [9.17, 15) is 15.0 Å². The lowest BCUT2D eigenvalue weighted by Gasteiger charge is -2.62. The summed E-state index contributed by atoms with van der Waals surface area (Å²) in [6.07, 6.45) is 9.53. The summed E-state index contributed by atoms with van der Waals surface area (Å²) >= 11 is 3.40. The molecular formula is C22H35BrO3. The van der Waals surface area contributed by atoms with Crippen molar-refractivity contribution in [3.8, 4) is 0 Å². The van der Waals surface area contributed by atoms with Crippen LogP contribution in [0.15, 0.2) is 0 Å². The molecule has 4 fully saturated rings. The maximum atomic E-state index is 12.5. The van der Waals surface area contributed by atoms with Crippen LogP contribution in [-0.2, 0) is 4.79 Å². The van der Waals surface area contributed by atoms with Crippen LogP contribution < -0.4 is 0 Å². The zero-order valence-corrected chi connectivity index (χ0v) is 17.9. The molecule has 0 aromatic rings. The van der Waals surface area contributed by atoms with Gasteiger partial charge >= 0.3 is 0 Å². The number of aliphatic hydroxyl groups is 2. The van der Waals surface area contributed by atoms with E-state index in [2.05, 4.69) is 22.9 Å². The van der Waals surface area contributed by atoms with Gasteiger partial charge in [-0.3, -0.25) is 4.79 Å². The Kier molecular flexibility index (Phi) is 4.89. The molecule has 0 heterocycles. The molecule has 0 spiro atoms. The first-order valence-corrected chi connectivity index (χ1v) is 11.8. The van der Waals surface area contributed by atoms with Crippen molar-refractivity contribution in [2.24, 2.45) is 40.4 Å². The van der Waals surface area contributed by atoms with Gasteiger partial charge in [0.2, 0.25) is 0 Å². The number of aliphatic hydroxyl groups excluding tert-OH is 1. The molecule has 4 rings (SSSR count). The van der Waals surface area contributed by atoms with Gasteiger partial charge in [0.05, 0.1) is 10.9 Å². The molecule has 148 valence electrons. The van der Waals surface area contributed by atoms with Gasteiger partial charge in [0, 0.05) is 12.5 Å². The van der Waals surface area contributed by atoms with Crippen molar-refractivity contribution >= 4 is 21.7 Å². The first kappa shape index (κ1) is 19.4. The molecule has 4 aliphatic rings. The predicted octanol–water partition coefficient (Wildman–Crippen LogP) is 4.33. The molecule has 3 nitrogen and oxygen atoms in total. The van der Waals surface area contributed by atoms with Crippen LogP contribution in [0.25, 0.3) is 0 Å². The second-order valence-corrected chi connectivity index (χ2v) is 11.1. The van der Waals surface area contributed by atoms with E-state index in [0.29, 0.717) is 34.8 Å². The minimum absolute atomic E-state index is 0.0179. The van der Waals surface area contributed by atoms with E-state index in [1.165, 1.54) is 12.8 Å². The van der Waals surface area contributed by atoms with E-state index in [4.69, 9.17) is 0 Å². The predicted molar refractivity (Wildman–Crippen MR) is 106 cm³/mol. The Morgan fingerprint density at radius 2 is 1.81 bits per heavy atom. The number of hydrogen-bond donors (Lipinski definition) is 2. The average Bonchev–Trinajstić information content (AvgIpc) is 2.97. The van der Waals surface area contributed by atoms with Crippen LogP contribution in [0.3, 0.4) is 0 Å². The quantitative estimate of drug-likeness (QED) is 0.659. The van der Waals surface area contributed by atoms with E-state index in [1.54, 1.807) is 0 Å². The molecular weight excluding hydrogens is 392 g/mol. The summed E-state index contributed by atoms with van der Waals surface area (Å²) in [5.74, 6) is 2.96. The highest BCUT2D eigenvalue weighted by atomic mass is 79.9. The first-order valence-electron chi connectivity index (χ1n) is 10.7. The van der Waals surface area contributed by atoms with Gasteiger partial charge in [-0.15, -0.1) is 0 Å². The molecule has 0 aliphatic heterocycles. The molecule has 8 atom stereocenters. The van der Waals surface area contributed by atoms with E-state index < -0.39 is 5.60 Å². The monoisotopic (exact) mass is 426 g/mol. The summed E-state index contributed by atoms with van der Waals surface area (Å²) in [4.78, 5) is 12.5. The highest BCUT2D eigenvalue weighted by Gasteiger charge is 2.62. The number of rotatable bonds is 3. The van der Waals surface area contributed by atoms with Gasteiger partial charge in [-0.25, -0.2) is 0 Å². The number of carbonyl (C=O) groups excluding carboxylic acids is 1. The fourth-order valence-electron chi connectivity index (χ4n) is 8.16. The van der Waals surface area contributed by atoms with E-state index in [-0.39, 0.29) is 23.4 Å². The van der Waals surface area contributed by atoms with Crippen LogP contribution in [0.2, 0.25) is 0 Å². The Labute approximate surface area is 166 Å². The van der Waals surface area contributed by atoms with Crippen molar-refractivity contribution in [1.82, 2.24) is 0 Å². The lowest BCUT2D eigenvalue weighted by Crippen LogP contribution is -2.58. The van der Waals surface area contributed by atoms with E-state index in [1.807, 2.05) is 6.92 Å². The third-order valence-corrected chi connectivity index (χ3v) is 10.0. The van der Waals surface area contributed by atoms with Gasteiger partial charge in [0.15, 0.2) is 0 Å². The molecule has 0 amide bonds. The van der Waals surface area contributed by atoms with Gasteiger partial charge in [0.25, 0.3) is 0 Å². The van der Waals surface area contributed by atoms with Gasteiger partial charge in [0.1, 0.15) is 5.78 Å². The molecule has 0 saturated heterocycles. The summed E-state index contributed by atoms with van der Waals surface area (Å²) in [7, 11) is 0. The van der Waals surface area contributed by atoms with Crippen LogP contribution in [0, 0.1) is 40.4 Å². The lowest BCUT2D eigenvalue weighted by atomic mass is 9.43. The van der Waals surface area contributed by atoms with Crippen LogP contribution in [0.4, 0.5) is 0 Å². The SMILES string of the molecule is C[C@@]1(O)CC[C@@]2(CO)[C@@H](CC[C@H]3[C@@H]4CC[C@H](C(=O)CBr)[C@@]4(C)CC[C@@H]32)C1. The highest BCUT2D eigenvalue weighted by Crippen LogP contribution is 2.68. The number of carbonyl (C=O) groups is 1. The van der Waals surface area contributed by atoms with Gasteiger partial charge < -0.3 is 10.2 Å². The van der Waals surface area contributed by atoms with Crippen LogP contribution in [0.5, 0.6) is 0 Å². The number of Topliss-reactive ketones (excluding diaryl/α,β-unsaturated/α-hetero) is 1. The van der Waals surface area contributed by atoms with Crippen molar-refractivity contribution in [1.29, 1.82) is 0 Å². The largest absolute Gasteiger partial charge is 0.396 e. The average molecular weight is 427 g/mol. The second-order valence-electron chi connectivity index (χ2n) is 10.5. The van der Waals surface area contributed by atoms with Crippen molar-refractivity contribution in [2.75, 3.05) is 11.9 Å². The number of ketones is 1. The summed E-state index contributed by atoms with van der Waals surface area (Å²) in [6.45, 7) is 4.64. The van der Waals surface area contributed by atoms with Crippen LogP contribution in [0.1, 0.15) is 71.6 Å². The number of hydrogen-bond acceptors (Lipinski definition) is 3. The lowest BCUT2D eigenvalue weighted by molar-refractivity contribution is -0.171. The molecule has 4 saturated carbocycles. The standard InChI is InChI=1S/C22H35BrO3/c1-20(26)9-10-22(13-24)14(11-20)3-4-15-16-5-6-18(19(25)12-23)21(16,2)8-7-17(15)22/h14-18,24,26H,3-13H2,1-2H3/t14-,15-,16-,17-,18+,20+,21-,22+/m0/s1. The summed E-state index contributed by atoms with van der Waals surface area (Å²) < 4.78 is 0. The molecule has 4 heteroatoms. The maximum absolute atomic E-state index is 12.5. The smallest absolute Gasteiger partial charge is 0.147 e. The Balaban J connectivity index is 1.62. The van der Waals surface area contributed by atoms with E-state index in [0.717, 1.165) is 44.9 Å². The topological polar surface area (TPSA) is 57.5 Å². The maximum Gasteiger partial charge on any atom is 0.147 e. The molecule has 0 aromatic carbocycles. The zero-order chi connectivity index (χ0) is 18.7. The molecule has 0 radical (unpaired) electrons. The van der Waals surface area contributed by atoms with Gasteiger partial charge in [-0.2, -0.15) is 0 Å². The fraction of sp³-hybridized carbons (Fsp3) is 0.955.